The lowest BCUT2D eigenvalue weighted by Gasteiger charge is -2.19. The van der Waals surface area contributed by atoms with E-state index in [1.165, 1.54) is 12.1 Å². The molecule has 0 saturated carbocycles. The van der Waals surface area contributed by atoms with Crippen molar-refractivity contribution in [3.8, 4) is 0 Å². The van der Waals surface area contributed by atoms with E-state index >= 15 is 0 Å². The standard InChI is InChI=1S/C21H15ClO4/c22-16-10-6-9-15(13-16)19(14-7-2-1-3-8-14)26-21(25)18-12-5-4-11-17(18)20(23)24/h1-13,19H,(H,23,24)/t19-/m0/s1. The fourth-order valence-corrected chi connectivity index (χ4v) is 2.84. The Morgan fingerprint density at radius 2 is 1.42 bits per heavy atom. The Labute approximate surface area is 155 Å². The molecule has 5 heteroatoms. The summed E-state index contributed by atoms with van der Waals surface area (Å²) in [5, 5.41) is 9.81. The van der Waals surface area contributed by atoms with Crippen LogP contribution in [0.25, 0.3) is 0 Å². The number of hydrogen-bond acceptors (Lipinski definition) is 3. The predicted molar refractivity (Wildman–Crippen MR) is 98.6 cm³/mol. The molecule has 0 saturated heterocycles. The number of carboxylic acids is 1. The maximum Gasteiger partial charge on any atom is 0.339 e. The van der Waals surface area contributed by atoms with Gasteiger partial charge in [0.15, 0.2) is 6.10 Å². The van der Waals surface area contributed by atoms with E-state index in [9.17, 15) is 14.7 Å². The van der Waals surface area contributed by atoms with Gasteiger partial charge in [0, 0.05) is 5.02 Å². The lowest BCUT2D eigenvalue weighted by Crippen LogP contribution is -2.16. The molecule has 3 aromatic rings. The van der Waals surface area contributed by atoms with Crippen LogP contribution in [0.15, 0.2) is 78.9 Å². The van der Waals surface area contributed by atoms with E-state index in [0.717, 1.165) is 5.56 Å². The maximum atomic E-state index is 12.7. The number of ether oxygens (including phenoxy) is 1. The van der Waals surface area contributed by atoms with Gasteiger partial charge in [-0.3, -0.25) is 0 Å². The normalized spacial score (nSPS) is 11.6. The SMILES string of the molecule is O=C(O)c1ccccc1C(=O)O[C@@H](c1ccccc1)c1cccc(Cl)c1. The molecule has 26 heavy (non-hydrogen) atoms. The lowest BCUT2D eigenvalue weighted by molar-refractivity contribution is 0.0371. The number of aromatic carboxylic acids is 1. The molecule has 0 aliphatic rings. The molecule has 0 radical (unpaired) electrons. The summed E-state index contributed by atoms with van der Waals surface area (Å²) in [4.78, 5) is 24.1. The van der Waals surface area contributed by atoms with Crippen molar-refractivity contribution in [3.05, 3.63) is 106 Å². The van der Waals surface area contributed by atoms with Crippen molar-refractivity contribution in [2.75, 3.05) is 0 Å². The molecule has 0 heterocycles. The van der Waals surface area contributed by atoms with Crippen LogP contribution in [0.2, 0.25) is 5.02 Å². The summed E-state index contributed by atoms with van der Waals surface area (Å²) in [6, 6.07) is 22.2. The van der Waals surface area contributed by atoms with Gasteiger partial charge in [0.05, 0.1) is 11.1 Å². The summed E-state index contributed by atoms with van der Waals surface area (Å²) in [5.74, 6) is -1.90. The first-order valence-electron chi connectivity index (χ1n) is 7.90. The van der Waals surface area contributed by atoms with E-state index in [2.05, 4.69) is 0 Å². The Morgan fingerprint density at radius 1 is 0.808 bits per heavy atom. The zero-order valence-corrected chi connectivity index (χ0v) is 14.4. The Hall–Kier alpha value is -3.11. The quantitative estimate of drug-likeness (QED) is 0.646. The minimum atomic E-state index is -1.18. The van der Waals surface area contributed by atoms with E-state index in [4.69, 9.17) is 16.3 Å². The zero-order chi connectivity index (χ0) is 18.5. The second-order valence-corrected chi connectivity index (χ2v) is 6.04. The number of carboxylic acid groups (broad SMARTS) is 1. The second-order valence-electron chi connectivity index (χ2n) is 5.60. The Balaban J connectivity index is 1.99. The summed E-state index contributed by atoms with van der Waals surface area (Å²) >= 11 is 6.08. The smallest absolute Gasteiger partial charge is 0.339 e. The molecule has 0 bridgehead atoms. The molecule has 0 amide bonds. The van der Waals surface area contributed by atoms with Gasteiger partial charge in [0.1, 0.15) is 0 Å². The van der Waals surface area contributed by atoms with Crippen molar-refractivity contribution >= 4 is 23.5 Å². The fraction of sp³-hybridized carbons (Fsp3) is 0.0476. The highest BCUT2D eigenvalue weighted by atomic mass is 35.5. The molecule has 1 N–H and O–H groups in total. The topological polar surface area (TPSA) is 63.6 Å². The zero-order valence-electron chi connectivity index (χ0n) is 13.6. The number of rotatable bonds is 5. The minimum Gasteiger partial charge on any atom is -0.478 e. The number of esters is 1. The fourth-order valence-electron chi connectivity index (χ4n) is 2.64. The van der Waals surface area contributed by atoms with Crippen molar-refractivity contribution in [1.29, 1.82) is 0 Å². The summed E-state index contributed by atoms with van der Waals surface area (Å²) in [6.45, 7) is 0. The van der Waals surface area contributed by atoms with Crippen LogP contribution in [0, 0.1) is 0 Å². The average molecular weight is 367 g/mol. The number of carbonyl (C=O) groups is 2. The van der Waals surface area contributed by atoms with Crippen molar-refractivity contribution in [1.82, 2.24) is 0 Å². The monoisotopic (exact) mass is 366 g/mol. The Kier molecular flexibility index (Phi) is 5.34. The van der Waals surface area contributed by atoms with Crippen molar-refractivity contribution < 1.29 is 19.4 Å². The summed E-state index contributed by atoms with van der Waals surface area (Å²) in [5.41, 5.74) is 1.36. The largest absolute Gasteiger partial charge is 0.478 e. The third-order valence-electron chi connectivity index (χ3n) is 3.86. The molecule has 4 nitrogen and oxygen atoms in total. The number of hydrogen-bond donors (Lipinski definition) is 1. The highest BCUT2D eigenvalue weighted by Gasteiger charge is 2.23. The van der Waals surface area contributed by atoms with Crippen LogP contribution >= 0.6 is 11.6 Å². The minimum absolute atomic E-state index is 0.00274. The van der Waals surface area contributed by atoms with Gasteiger partial charge in [-0.05, 0) is 35.4 Å². The van der Waals surface area contributed by atoms with Gasteiger partial charge in [-0.15, -0.1) is 0 Å². The average Bonchev–Trinajstić information content (AvgIpc) is 2.66. The summed E-state index contributed by atoms with van der Waals surface area (Å²) < 4.78 is 5.69. The van der Waals surface area contributed by atoms with E-state index in [1.54, 1.807) is 36.4 Å². The maximum absolute atomic E-state index is 12.7. The summed E-state index contributed by atoms with van der Waals surface area (Å²) in [7, 11) is 0. The lowest BCUT2D eigenvalue weighted by atomic mass is 10.0. The molecule has 3 aromatic carbocycles. The first-order valence-corrected chi connectivity index (χ1v) is 8.28. The molecule has 0 aromatic heterocycles. The van der Waals surface area contributed by atoms with Crippen molar-refractivity contribution in [2.45, 2.75) is 6.10 Å². The third-order valence-corrected chi connectivity index (χ3v) is 4.09. The third kappa shape index (κ3) is 3.92. The van der Waals surface area contributed by atoms with Gasteiger partial charge in [0.2, 0.25) is 0 Å². The summed E-state index contributed by atoms with van der Waals surface area (Å²) in [6.07, 6.45) is -0.704. The van der Waals surface area contributed by atoms with Gasteiger partial charge in [0.25, 0.3) is 0 Å². The van der Waals surface area contributed by atoms with Crippen LogP contribution in [0.4, 0.5) is 0 Å². The van der Waals surface area contributed by atoms with Crippen LogP contribution in [0.5, 0.6) is 0 Å². The molecule has 1 atom stereocenters. The van der Waals surface area contributed by atoms with Crippen LogP contribution in [0.1, 0.15) is 37.9 Å². The number of carbonyl (C=O) groups excluding carboxylic acids is 1. The molecule has 0 unspecified atom stereocenters. The van der Waals surface area contributed by atoms with E-state index in [-0.39, 0.29) is 11.1 Å². The van der Waals surface area contributed by atoms with Crippen LogP contribution in [-0.4, -0.2) is 17.0 Å². The second kappa shape index (κ2) is 7.85. The predicted octanol–water partition coefficient (Wildman–Crippen LogP) is 4.98. The van der Waals surface area contributed by atoms with Gasteiger partial charge in [-0.25, -0.2) is 9.59 Å². The van der Waals surface area contributed by atoms with Gasteiger partial charge in [-0.1, -0.05) is 66.2 Å². The van der Waals surface area contributed by atoms with Crippen molar-refractivity contribution in [2.24, 2.45) is 0 Å². The van der Waals surface area contributed by atoms with E-state index in [1.807, 2.05) is 30.3 Å². The molecule has 0 aliphatic heterocycles. The van der Waals surface area contributed by atoms with Crippen LogP contribution in [0.3, 0.4) is 0 Å². The highest BCUT2D eigenvalue weighted by Crippen LogP contribution is 2.29. The molecule has 0 spiro atoms. The van der Waals surface area contributed by atoms with Crippen molar-refractivity contribution in [3.63, 3.8) is 0 Å². The van der Waals surface area contributed by atoms with E-state index in [0.29, 0.717) is 10.6 Å². The van der Waals surface area contributed by atoms with Gasteiger partial charge in [-0.2, -0.15) is 0 Å². The number of halogens is 1. The molecule has 130 valence electrons. The Bertz CT molecular complexity index is 938. The van der Waals surface area contributed by atoms with Crippen LogP contribution in [-0.2, 0) is 4.74 Å². The van der Waals surface area contributed by atoms with Gasteiger partial charge < -0.3 is 9.84 Å². The van der Waals surface area contributed by atoms with Gasteiger partial charge >= 0.3 is 11.9 Å². The molecule has 3 rings (SSSR count). The molecule has 0 fully saturated rings. The first kappa shape index (κ1) is 17.7. The number of benzene rings is 3. The molecular formula is C21H15ClO4. The highest BCUT2D eigenvalue weighted by molar-refractivity contribution is 6.30. The van der Waals surface area contributed by atoms with Crippen LogP contribution < -0.4 is 0 Å². The van der Waals surface area contributed by atoms with E-state index < -0.39 is 18.0 Å². The first-order chi connectivity index (χ1) is 12.6. The molecule has 0 aliphatic carbocycles. The molecular weight excluding hydrogens is 352 g/mol. The Morgan fingerprint density at radius 3 is 2.08 bits per heavy atom.